The molecule has 1 atom stereocenters. The zero-order valence-corrected chi connectivity index (χ0v) is 21.6. The lowest BCUT2D eigenvalue weighted by molar-refractivity contribution is -0.132. The summed E-state index contributed by atoms with van der Waals surface area (Å²) in [4.78, 5) is 28.6. The summed E-state index contributed by atoms with van der Waals surface area (Å²) in [5, 5.41) is 13.4. The molecule has 1 amide bonds. The van der Waals surface area contributed by atoms with Crippen molar-refractivity contribution in [2.24, 2.45) is 0 Å². The highest BCUT2D eigenvalue weighted by atomic mass is 16.5. The van der Waals surface area contributed by atoms with Gasteiger partial charge in [0.15, 0.2) is 0 Å². The number of anilines is 1. The van der Waals surface area contributed by atoms with Crippen molar-refractivity contribution in [2.45, 2.75) is 26.3 Å². The number of Topliss-reactive ketones (excluding diaryl/α,β-unsaturated/α-hetero) is 1. The maximum atomic E-state index is 13.6. The molecule has 1 unspecified atom stereocenters. The van der Waals surface area contributed by atoms with Gasteiger partial charge in [-0.3, -0.25) is 14.5 Å². The summed E-state index contributed by atoms with van der Waals surface area (Å²) in [6, 6.07) is 25.0. The summed E-state index contributed by atoms with van der Waals surface area (Å²) < 4.78 is 11.2. The maximum absolute atomic E-state index is 13.6. The third-order valence-corrected chi connectivity index (χ3v) is 6.80. The first-order valence-corrected chi connectivity index (χ1v) is 12.6. The van der Waals surface area contributed by atoms with Gasteiger partial charge in [0.1, 0.15) is 17.3 Å². The fourth-order valence-corrected chi connectivity index (χ4v) is 4.97. The number of aryl methyl sites for hydroxylation is 1. The Morgan fingerprint density at radius 2 is 1.71 bits per heavy atom. The Kier molecular flexibility index (Phi) is 6.88. The first kappa shape index (κ1) is 25.1. The number of rotatable bonds is 7. The first-order chi connectivity index (χ1) is 18.4. The van der Waals surface area contributed by atoms with Crippen LogP contribution in [0.4, 0.5) is 5.69 Å². The Hall–Kier alpha value is -4.58. The van der Waals surface area contributed by atoms with E-state index >= 15 is 0 Å². The van der Waals surface area contributed by atoms with Gasteiger partial charge >= 0.3 is 0 Å². The Morgan fingerprint density at radius 3 is 2.47 bits per heavy atom. The number of ketones is 1. The Bertz CT molecular complexity index is 1570. The maximum Gasteiger partial charge on any atom is 0.300 e. The topological polar surface area (TPSA) is 76.1 Å². The number of carbonyl (C=O) groups excluding carboxylic acids is 2. The van der Waals surface area contributed by atoms with Gasteiger partial charge in [-0.1, -0.05) is 55.5 Å². The molecule has 0 radical (unpaired) electrons. The van der Waals surface area contributed by atoms with E-state index in [9.17, 15) is 14.7 Å². The van der Waals surface area contributed by atoms with E-state index < -0.39 is 17.7 Å². The van der Waals surface area contributed by atoms with Gasteiger partial charge in [0.2, 0.25) is 0 Å². The van der Waals surface area contributed by atoms with Crippen molar-refractivity contribution in [3.05, 3.63) is 107 Å². The Labute approximate surface area is 221 Å². The normalized spacial score (nSPS) is 16.7. The zero-order valence-electron chi connectivity index (χ0n) is 21.6. The Morgan fingerprint density at radius 1 is 0.947 bits per heavy atom. The minimum atomic E-state index is -0.843. The summed E-state index contributed by atoms with van der Waals surface area (Å²) in [5.74, 6) is -0.411. The number of nitrogens with zero attached hydrogens (tertiary/aromatic N) is 1. The van der Waals surface area contributed by atoms with Gasteiger partial charge in [-0.05, 0) is 65.6 Å². The van der Waals surface area contributed by atoms with Crippen LogP contribution in [-0.4, -0.2) is 30.5 Å². The summed E-state index contributed by atoms with van der Waals surface area (Å²) in [5.41, 5.74) is 2.55. The highest BCUT2D eigenvalue weighted by Crippen LogP contribution is 2.45. The van der Waals surface area contributed by atoms with E-state index in [-0.39, 0.29) is 11.3 Å². The molecular weight excluding hydrogens is 478 g/mol. The van der Waals surface area contributed by atoms with Gasteiger partial charge in [0.05, 0.1) is 25.3 Å². The van der Waals surface area contributed by atoms with Crippen LogP contribution >= 0.6 is 0 Å². The van der Waals surface area contributed by atoms with Crippen LogP contribution in [0, 0.1) is 6.92 Å². The minimum Gasteiger partial charge on any atom is -0.507 e. The summed E-state index contributed by atoms with van der Waals surface area (Å²) in [6.07, 6.45) is 0.875. The molecule has 1 aliphatic heterocycles. The number of aliphatic hydroxyl groups excluding tert-OH is 1. The molecule has 5 rings (SSSR count). The van der Waals surface area contributed by atoms with Crippen molar-refractivity contribution in [1.29, 1.82) is 0 Å². The minimum absolute atomic E-state index is 0.0378. The van der Waals surface area contributed by atoms with E-state index in [2.05, 4.69) is 0 Å². The molecule has 192 valence electrons. The number of carbonyl (C=O) groups is 2. The molecule has 0 aliphatic carbocycles. The molecule has 38 heavy (non-hydrogen) atoms. The van der Waals surface area contributed by atoms with E-state index in [0.29, 0.717) is 29.4 Å². The molecule has 0 aromatic heterocycles. The second kappa shape index (κ2) is 10.4. The van der Waals surface area contributed by atoms with Crippen molar-refractivity contribution < 1.29 is 24.2 Å². The standard InChI is InChI=1S/C32H29NO5/c1-4-17-38-27-16-15-22(18-20(27)2)30(34)28-29(26-14-7-10-21-9-5-6-13-25(21)26)33(32(36)31(28)35)23-11-8-12-24(19-23)37-3/h5-16,18-19,29,34H,4,17H2,1-3H3/b30-28-. The second-order valence-corrected chi connectivity index (χ2v) is 9.27. The summed E-state index contributed by atoms with van der Waals surface area (Å²) in [6.45, 7) is 4.50. The average Bonchev–Trinajstić information content (AvgIpc) is 3.21. The number of fused-ring (bicyclic) bond motifs is 1. The average molecular weight is 508 g/mol. The summed E-state index contributed by atoms with van der Waals surface area (Å²) >= 11 is 0. The van der Waals surface area contributed by atoms with Crippen LogP contribution < -0.4 is 14.4 Å². The molecule has 1 fully saturated rings. The fourth-order valence-electron chi connectivity index (χ4n) is 4.97. The highest BCUT2D eigenvalue weighted by Gasteiger charge is 2.47. The monoisotopic (exact) mass is 507 g/mol. The van der Waals surface area contributed by atoms with Gasteiger partial charge in [0.25, 0.3) is 11.7 Å². The van der Waals surface area contributed by atoms with Crippen LogP contribution in [0.1, 0.15) is 36.1 Å². The number of benzene rings is 4. The van der Waals surface area contributed by atoms with Crippen molar-refractivity contribution in [2.75, 3.05) is 18.6 Å². The number of aliphatic hydroxyl groups is 1. The van der Waals surface area contributed by atoms with Gasteiger partial charge in [-0.25, -0.2) is 0 Å². The molecule has 1 saturated heterocycles. The largest absolute Gasteiger partial charge is 0.507 e. The smallest absolute Gasteiger partial charge is 0.300 e. The van der Waals surface area contributed by atoms with Crippen LogP contribution in [0.15, 0.2) is 90.5 Å². The fraction of sp³-hybridized carbons (Fsp3) is 0.188. The quantitative estimate of drug-likeness (QED) is 0.174. The van der Waals surface area contributed by atoms with E-state index in [4.69, 9.17) is 9.47 Å². The van der Waals surface area contributed by atoms with E-state index in [1.807, 2.05) is 56.3 Å². The number of amides is 1. The molecule has 1 aliphatic rings. The lowest BCUT2D eigenvalue weighted by Gasteiger charge is -2.27. The second-order valence-electron chi connectivity index (χ2n) is 9.27. The van der Waals surface area contributed by atoms with Crippen molar-refractivity contribution in [3.8, 4) is 11.5 Å². The lowest BCUT2D eigenvalue weighted by atomic mass is 9.91. The molecule has 4 aromatic carbocycles. The van der Waals surface area contributed by atoms with Crippen LogP contribution in [-0.2, 0) is 9.59 Å². The lowest BCUT2D eigenvalue weighted by Crippen LogP contribution is -2.29. The van der Waals surface area contributed by atoms with Gasteiger partial charge in [0, 0.05) is 17.3 Å². The molecule has 6 nitrogen and oxygen atoms in total. The molecule has 4 aromatic rings. The number of hydrogen-bond acceptors (Lipinski definition) is 5. The predicted molar refractivity (Wildman–Crippen MR) is 149 cm³/mol. The van der Waals surface area contributed by atoms with E-state index in [0.717, 1.165) is 28.3 Å². The molecule has 0 saturated carbocycles. The van der Waals surface area contributed by atoms with Crippen LogP contribution in [0.5, 0.6) is 11.5 Å². The molecular formula is C32H29NO5. The number of methoxy groups -OCH3 is 1. The molecule has 1 N–H and O–H groups in total. The van der Waals surface area contributed by atoms with Gasteiger partial charge < -0.3 is 14.6 Å². The first-order valence-electron chi connectivity index (χ1n) is 12.6. The number of hydrogen-bond donors (Lipinski definition) is 1. The van der Waals surface area contributed by atoms with E-state index in [1.165, 1.54) is 4.90 Å². The van der Waals surface area contributed by atoms with E-state index in [1.54, 1.807) is 49.6 Å². The molecule has 1 heterocycles. The number of ether oxygens (including phenoxy) is 2. The SMILES string of the molecule is CCCOc1ccc(/C(O)=C2/C(=O)C(=O)N(c3cccc(OC)c3)C2c2cccc3ccccc23)cc1C. The molecule has 0 spiro atoms. The predicted octanol–water partition coefficient (Wildman–Crippen LogP) is 6.57. The van der Waals surface area contributed by atoms with Crippen molar-refractivity contribution in [1.82, 2.24) is 0 Å². The third-order valence-electron chi connectivity index (χ3n) is 6.80. The van der Waals surface area contributed by atoms with Gasteiger partial charge in [-0.15, -0.1) is 0 Å². The third kappa shape index (κ3) is 4.39. The Balaban J connectivity index is 1.73. The summed E-state index contributed by atoms with van der Waals surface area (Å²) in [7, 11) is 1.55. The zero-order chi connectivity index (χ0) is 26.8. The van der Waals surface area contributed by atoms with Crippen LogP contribution in [0.25, 0.3) is 16.5 Å². The van der Waals surface area contributed by atoms with Crippen molar-refractivity contribution in [3.63, 3.8) is 0 Å². The van der Waals surface area contributed by atoms with Crippen molar-refractivity contribution >= 4 is 33.9 Å². The van der Waals surface area contributed by atoms with Gasteiger partial charge in [-0.2, -0.15) is 0 Å². The molecule has 0 bridgehead atoms. The highest BCUT2D eigenvalue weighted by molar-refractivity contribution is 6.52. The van der Waals surface area contributed by atoms with Crippen LogP contribution in [0.2, 0.25) is 0 Å². The van der Waals surface area contributed by atoms with Crippen LogP contribution in [0.3, 0.4) is 0 Å². The molecule has 6 heteroatoms.